The maximum Gasteiger partial charge on any atom is 0.119 e. The van der Waals surface area contributed by atoms with Crippen LogP contribution in [0.1, 0.15) is 23.5 Å². The van der Waals surface area contributed by atoms with Crippen LogP contribution in [0.25, 0.3) is 0 Å². The summed E-state index contributed by atoms with van der Waals surface area (Å²) in [4.78, 5) is 4.24. The summed E-state index contributed by atoms with van der Waals surface area (Å²) in [6, 6.07) is 7.94. The second-order valence-corrected chi connectivity index (χ2v) is 5.70. The average Bonchev–Trinajstić information content (AvgIpc) is 2.98. The van der Waals surface area contributed by atoms with E-state index in [-0.39, 0.29) is 12.6 Å². The fourth-order valence-corrected chi connectivity index (χ4v) is 2.40. The minimum Gasteiger partial charge on any atom is -0.491 e. The number of aromatic nitrogens is 1. The molecule has 1 heterocycles. The van der Waals surface area contributed by atoms with Gasteiger partial charge in [0.05, 0.1) is 6.04 Å². The SMILES string of the molecule is Cc1ccc(OCC(O)CNC(C)c2nccs2)cc1. The smallest absolute Gasteiger partial charge is 0.119 e. The molecule has 2 N–H and O–H groups in total. The highest BCUT2D eigenvalue weighted by atomic mass is 32.1. The van der Waals surface area contributed by atoms with Crippen LogP contribution >= 0.6 is 11.3 Å². The van der Waals surface area contributed by atoms with Crippen molar-refractivity contribution in [2.45, 2.75) is 26.0 Å². The summed E-state index contributed by atoms with van der Waals surface area (Å²) >= 11 is 1.61. The molecule has 0 fully saturated rings. The van der Waals surface area contributed by atoms with Gasteiger partial charge in [0.15, 0.2) is 0 Å². The normalized spacial score (nSPS) is 13.9. The number of aliphatic hydroxyl groups is 1. The van der Waals surface area contributed by atoms with E-state index in [9.17, 15) is 5.11 Å². The molecule has 0 spiro atoms. The van der Waals surface area contributed by atoms with Crippen LogP contribution in [-0.2, 0) is 0 Å². The van der Waals surface area contributed by atoms with E-state index in [4.69, 9.17) is 4.74 Å². The van der Waals surface area contributed by atoms with Crippen LogP contribution < -0.4 is 10.1 Å². The molecule has 5 heteroatoms. The summed E-state index contributed by atoms with van der Waals surface area (Å²) in [5.41, 5.74) is 1.19. The molecule has 0 bridgehead atoms. The van der Waals surface area contributed by atoms with Crippen molar-refractivity contribution in [1.29, 1.82) is 0 Å². The molecule has 20 heavy (non-hydrogen) atoms. The fraction of sp³-hybridized carbons (Fsp3) is 0.400. The third kappa shape index (κ3) is 4.59. The highest BCUT2D eigenvalue weighted by Crippen LogP contribution is 2.14. The lowest BCUT2D eigenvalue weighted by molar-refractivity contribution is 0.104. The molecule has 0 amide bonds. The van der Waals surface area contributed by atoms with Crippen molar-refractivity contribution in [2.24, 2.45) is 0 Å². The first-order valence-corrected chi connectivity index (χ1v) is 7.53. The maximum atomic E-state index is 9.91. The molecule has 0 aliphatic carbocycles. The van der Waals surface area contributed by atoms with E-state index in [2.05, 4.69) is 10.3 Å². The summed E-state index contributed by atoms with van der Waals surface area (Å²) in [5.74, 6) is 0.780. The third-order valence-electron chi connectivity index (χ3n) is 2.94. The van der Waals surface area contributed by atoms with Crippen molar-refractivity contribution >= 4 is 11.3 Å². The molecule has 4 nitrogen and oxygen atoms in total. The van der Waals surface area contributed by atoms with Gasteiger partial charge in [0.25, 0.3) is 0 Å². The molecule has 2 rings (SSSR count). The molecule has 2 unspecified atom stereocenters. The van der Waals surface area contributed by atoms with Crippen molar-refractivity contribution in [3.63, 3.8) is 0 Å². The Hall–Kier alpha value is -1.43. The lowest BCUT2D eigenvalue weighted by atomic mass is 10.2. The van der Waals surface area contributed by atoms with E-state index in [1.807, 2.05) is 43.5 Å². The number of rotatable bonds is 7. The van der Waals surface area contributed by atoms with Gasteiger partial charge in [-0.15, -0.1) is 11.3 Å². The van der Waals surface area contributed by atoms with Crippen LogP contribution in [0, 0.1) is 6.92 Å². The van der Waals surface area contributed by atoms with Crippen LogP contribution in [-0.4, -0.2) is 29.3 Å². The summed E-state index contributed by atoms with van der Waals surface area (Å²) in [7, 11) is 0. The highest BCUT2D eigenvalue weighted by Gasteiger charge is 2.11. The Morgan fingerprint density at radius 2 is 2.10 bits per heavy atom. The topological polar surface area (TPSA) is 54.4 Å². The van der Waals surface area contributed by atoms with Crippen molar-refractivity contribution in [3.05, 3.63) is 46.4 Å². The van der Waals surface area contributed by atoms with E-state index < -0.39 is 6.10 Å². The molecule has 0 aliphatic heterocycles. The second kappa shape index (κ2) is 7.38. The molecule has 1 aromatic carbocycles. The summed E-state index contributed by atoms with van der Waals surface area (Å²) in [5, 5.41) is 16.1. The molecule has 2 aromatic rings. The molecule has 0 saturated heterocycles. The van der Waals surface area contributed by atoms with E-state index in [1.165, 1.54) is 5.56 Å². The quantitative estimate of drug-likeness (QED) is 0.823. The van der Waals surface area contributed by atoms with Gasteiger partial charge in [-0.2, -0.15) is 0 Å². The Morgan fingerprint density at radius 3 is 2.75 bits per heavy atom. The number of thiazole rings is 1. The number of benzene rings is 1. The monoisotopic (exact) mass is 292 g/mol. The Labute approximate surface area is 123 Å². The standard InChI is InChI=1S/C15H20N2O2S/c1-11-3-5-14(6-4-11)19-10-13(18)9-17-12(2)15-16-7-8-20-15/h3-8,12-13,17-18H,9-10H2,1-2H3. The predicted octanol–water partition coefficient (Wildman–Crippen LogP) is 2.54. The number of hydrogen-bond acceptors (Lipinski definition) is 5. The lowest BCUT2D eigenvalue weighted by Crippen LogP contribution is -2.33. The maximum absolute atomic E-state index is 9.91. The van der Waals surface area contributed by atoms with Crippen LogP contribution in [0.5, 0.6) is 5.75 Å². The van der Waals surface area contributed by atoms with Crippen LogP contribution in [0.3, 0.4) is 0 Å². The van der Waals surface area contributed by atoms with Crippen LogP contribution in [0.4, 0.5) is 0 Å². The zero-order valence-corrected chi connectivity index (χ0v) is 12.6. The van der Waals surface area contributed by atoms with Gasteiger partial charge in [-0.25, -0.2) is 4.98 Å². The van der Waals surface area contributed by atoms with Gasteiger partial charge in [-0.05, 0) is 26.0 Å². The van der Waals surface area contributed by atoms with E-state index in [0.29, 0.717) is 6.54 Å². The van der Waals surface area contributed by atoms with Gasteiger partial charge < -0.3 is 15.2 Å². The largest absolute Gasteiger partial charge is 0.491 e. The molecule has 1 aromatic heterocycles. The van der Waals surface area contributed by atoms with Gasteiger partial charge in [0, 0.05) is 18.1 Å². The van der Waals surface area contributed by atoms with Gasteiger partial charge in [0.1, 0.15) is 23.5 Å². The first-order chi connectivity index (χ1) is 9.65. The number of nitrogens with one attached hydrogen (secondary N) is 1. The van der Waals surface area contributed by atoms with Gasteiger partial charge in [0.2, 0.25) is 0 Å². The average molecular weight is 292 g/mol. The van der Waals surface area contributed by atoms with E-state index in [0.717, 1.165) is 10.8 Å². The van der Waals surface area contributed by atoms with Crippen molar-refractivity contribution in [1.82, 2.24) is 10.3 Å². The van der Waals surface area contributed by atoms with Crippen LogP contribution in [0.2, 0.25) is 0 Å². The Kier molecular flexibility index (Phi) is 5.52. The summed E-state index contributed by atoms with van der Waals surface area (Å²) in [6.45, 7) is 4.82. The second-order valence-electron chi connectivity index (χ2n) is 4.78. The zero-order chi connectivity index (χ0) is 14.4. The number of ether oxygens (including phenoxy) is 1. The number of hydrogen-bond donors (Lipinski definition) is 2. The zero-order valence-electron chi connectivity index (χ0n) is 11.7. The molecule has 0 aliphatic rings. The van der Waals surface area contributed by atoms with Crippen molar-refractivity contribution in [3.8, 4) is 5.75 Å². The third-order valence-corrected chi connectivity index (χ3v) is 3.90. The van der Waals surface area contributed by atoms with Gasteiger partial charge >= 0.3 is 0 Å². The number of aliphatic hydroxyl groups excluding tert-OH is 1. The Balaban J connectivity index is 1.70. The summed E-state index contributed by atoms with van der Waals surface area (Å²) in [6.07, 6.45) is 1.24. The molecule has 108 valence electrons. The lowest BCUT2D eigenvalue weighted by Gasteiger charge is -2.16. The number of nitrogens with zero attached hydrogens (tertiary/aromatic N) is 1. The molecule has 0 radical (unpaired) electrons. The first kappa shape index (κ1) is 15.0. The predicted molar refractivity (Wildman–Crippen MR) is 81.2 cm³/mol. The van der Waals surface area contributed by atoms with E-state index >= 15 is 0 Å². The van der Waals surface area contributed by atoms with E-state index in [1.54, 1.807) is 17.5 Å². The van der Waals surface area contributed by atoms with Gasteiger partial charge in [-0.1, -0.05) is 17.7 Å². The molecule has 0 saturated carbocycles. The van der Waals surface area contributed by atoms with Crippen LogP contribution in [0.15, 0.2) is 35.8 Å². The molecule has 2 atom stereocenters. The number of aryl methyl sites for hydroxylation is 1. The minimum atomic E-state index is -0.543. The van der Waals surface area contributed by atoms with Crippen molar-refractivity contribution < 1.29 is 9.84 Å². The summed E-state index contributed by atoms with van der Waals surface area (Å²) < 4.78 is 5.54. The first-order valence-electron chi connectivity index (χ1n) is 6.65. The van der Waals surface area contributed by atoms with Gasteiger partial charge in [-0.3, -0.25) is 0 Å². The van der Waals surface area contributed by atoms with Crippen molar-refractivity contribution in [2.75, 3.05) is 13.2 Å². The Morgan fingerprint density at radius 1 is 1.35 bits per heavy atom. The minimum absolute atomic E-state index is 0.143. The molecular formula is C15H20N2O2S. The highest BCUT2D eigenvalue weighted by molar-refractivity contribution is 7.09. The fourth-order valence-electron chi connectivity index (χ4n) is 1.73. The molecular weight excluding hydrogens is 272 g/mol. The Bertz CT molecular complexity index is 499.